The topological polar surface area (TPSA) is 65.4 Å². The molecule has 2 heterocycles. The molecule has 6 heteroatoms. The monoisotopic (exact) mass is 343 g/mol. The van der Waals surface area contributed by atoms with Gasteiger partial charge in [0.15, 0.2) is 0 Å². The molecule has 1 aromatic heterocycles. The molecule has 25 heavy (non-hydrogen) atoms. The number of nitrogens with zero attached hydrogens (tertiary/aromatic N) is 2. The Bertz CT molecular complexity index is 726. The average molecular weight is 343 g/mol. The van der Waals surface area contributed by atoms with Gasteiger partial charge in [0.2, 0.25) is 5.91 Å². The van der Waals surface area contributed by atoms with E-state index < -0.39 is 0 Å². The normalized spacial score (nSPS) is 16.0. The van der Waals surface area contributed by atoms with Crippen molar-refractivity contribution in [3.05, 3.63) is 42.0 Å². The van der Waals surface area contributed by atoms with E-state index >= 15 is 0 Å². The molecule has 134 valence electrons. The lowest BCUT2D eigenvalue weighted by molar-refractivity contribution is -0.121. The van der Waals surface area contributed by atoms with Gasteiger partial charge in [-0.3, -0.25) is 4.79 Å². The molecule has 1 amide bonds. The second-order valence-corrected chi connectivity index (χ2v) is 6.30. The molecule has 6 nitrogen and oxygen atoms in total. The molecule has 1 aliphatic heterocycles. The highest BCUT2D eigenvalue weighted by atomic mass is 16.5. The summed E-state index contributed by atoms with van der Waals surface area (Å²) in [5, 5.41) is 3.03. The van der Waals surface area contributed by atoms with E-state index in [9.17, 15) is 4.79 Å². The van der Waals surface area contributed by atoms with E-state index in [1.54, 1.807) is 13.3 Å². The van der Waals surface area contributed by atoms with Crippen molar-refractivity contribution in [3.8, 4) is 11.5 Å². The minimum absolute atomic E-state index is 0.0660. The van der Waals surface area contributed by atoms with Gasteiger partial charge in [0, 0.05) is 50.3 Å². The predicted octanol–water partition coefficient (Wildman–Crippen LogP) is 2.21. The van der Waals surface area contributed by atoms with Crippen LogP contribution >= 0.6 is 0 Å². The number of fused-ring (bicyclic) bond motifs is 1. The molecule has 0 radical (unpaired) electrons. The quantitative estimate of drug-likeness (QED) is 0.837. The molecule has 0 saturated heterocycles. The van der Waals surface area contributed by atoms with E-state index in [1.807, 2.05) is 29.0 Å². The minimum atomic E-state index is 0.0660. The van der Waals surface area contributed by atoms with Gasteiger partial charge in [-0.1, -0.05) is 13.0 Å². The van der Waals surface area contributed by atoms with Crippen LogP contribution in [0.1, 0.15) is 24.7 Å². The van der Waals surface area contributed by atoms with E-state index in [0.29, 0.717) is 32.0 Å². The Morgan fingerprint density at radius 2 is 2.36 bits per heavy atom. The van der Waals surface area contributed by atoms with Gasteiger partial charge in [0.1, 0.15) is 17.3 Å². The average Bonchev–Trinajstić information content (AvgIpc) is 3.11. The Hall–Kier alpha value is -2.50. The van der Waals surface area contributed by atoms with E-state index in [2.05, 4.69) is 17.2 Å². The van der Waals surface area contributed by atoms with Crippen LogP contribution in [0, 0.1) is 5.92 Å². The number of imidazole rings is 1. The zero-order valence-electron chi connectivity index (χ0n) is 14.8. The molecule has 2 aromatic rings. The van der Waals surface area contributed by atoms with Crippen molar-refractivity contribution in [1.82, 2.24) is 14.9 Å². The molecule has 0 spiro atoms. The zero-order chi connectivity index (χ0) is 17.6. The molecule has 1 aliphatic rings. The third-order valence-corrected chi connectivity index (χ3v) is 4.54. The first-order valence-corrected chi connectivity index (χ1v) is 8.76. The molecule has 0 saturated carbocycles. The summed E-state index contributed by atoms with van der Waals surface area (Å²) in [5.74, 6) is 3.06. The Balaban J connectivity index is 1.45. The summed E-state index contributed by atoms with van der Waals surface area (Å²) in [6, 6.07) is 5.90. The van der Waals surface area contributed by atoms with Gasteiger partial charge in [-0.25, -0.2) is 4.98 Å². The first kappa shape index (κ1) is 17.3. The molecule has 0 aliphatic carbocycles. The number of aryl methyl sites for hydroxylation is 2. The number of hydrogen-bond donors (Lipinski definition) is 1. The zero-order valence-corrected chi connectivity index (χ0v) is 14.8. The van der Waals surface area contributed by atoms with Crippen LogP contribution in [0.25, 0.3) is 0 Å². The van der Waals surface area contributed by atoms with Crippen LogP contribution in [0.4, 0.5) is 0 Å². The molecule has 3 rings (SSSR count). The third-order valence-electron chi connectivity index (χ3n) is 4.54. The number of rotatable bonds is 7. The summed E-state index contributed by atoms with van der Waals surface area (Å²) >= 11 is 0. The molecule has 1 unspecified atom stereocenters. The summed E-state index contributed by atoms with van der Waals surface area (Å²) in [6.07, 6.45) is 5.94. The number of benzene rings is 1. The van der Waals surface area contributed by atoms with Gasteiger partial charge >= 0.3 is 0 Å². The predicted molar refractivity (Wildman–Crippen MR) is 94.9 cm³/mol. The van der Waals surface area contributed by atoms with E-state index in [0.717, 1.165) is 35.7 Å². The van der Waals surface area contributed by atoms with Crippen LogP contribution in [0.2, 0.25) is 0 Å². The van der Waals surface area contributed by atoms with Gasteiger partial charge in [-0.05, 0) is 18.1 Å². The molecular weight excluding hydrogens is 318 g/mol. The van der Waals surface area contributed by atoms with Gasteiger partial charge in [-0.15, -0.1) is 0 Å². The number of hydrogen-bond acceptors (Lipinski definition) is 4. The van der Waals surface area contributed by atoms with Gasteiger partial charge < -0.3 is 19.4 Å². The van der Waals surface area contributed by atoms with Crippen LogP contribution in [0.5, 0.6) is 11.5 Å². The fourth-order valence-electron chi connectivity index (χ4n) is 3.10. The second kappa shape index (κ2) is 8.05. The number of ether oxygens (including phenoxy) is 2. The van der Waals surface area contributed by atoms with Crippen LogP contribution in [-0.4, -0.2) is 35.7 Å². The van der Waals surface area contributed by atoms with Gasteiger partial charge in [-0.2, -0.15) is 0 Å². The molecule has 0 bridgehead atoms. The molecular formula is C19H25N3O3. The van der Waals surface area contributed by atoms with Crippen LogP contribution < -0.4 is 14.8 Å². The van der Waals surface area contributed by atoms with E-state index in [1.165, 1.54) is 0 Å². The Morgan fingerprint density at radius 3 is 3.16 bits per heavy atom. The first-order chi connectivity index (χ1) is 12.2. The van der Waals surface area contributed by atoms with Crippen LogP contribution in [-0.2, 0) is 24.2 Å². The molecule has 0 fully saturated rings. The van der Waals surface area contributed by atoms with Crippen LogP contribution in [0.15, 0.2) is 30.6 Å². The summed E-state index contributed by atoms with van der Waals surface area (Å²) in [7, 11) is 1.65. The Kier molecular flexibility index (Phi) is 5.58. The number of amides is 1. The lowest BCUT2D eigenvalue weighted by Gasteiger charge is -2.25. The Morgan fingerprint density at radius 1 is 1.48 bits per heavy atom. The number of methoxy groups -OCH3 is 1. The highest BCUT2D eigenvalue weighted by Crippen LogP contribution is 2.30. The summed E-state index contributed by atoms with van der Waals surface area (Å²) in [4.78, 5) is 16.4. The van der Waals surface area contributed by atoms with Gasteiger partial charge in [0.25, 0.3) is 0 Å². The third kappa shape index (κ3) is 4.32. The van der Waals surface area contributed by atoms with Crippen molar-refractivity contribution in [3.63, 3.8) is 0 Å². The fraction of sp³-hybridized carbons (Fsp3) is 0.474. The largest absolute Gasteiger partial charge is 0.497 e. The maximum atomic E-state index is 12.1. The van der Waals surface area contributed by atoms with Crippen molar-refractivity contribution in [2.24, 2.45) is 5.92 Å². The molecule has 1 N–H and O–H groups in total. The number of aromatic nitrogens is 2. The SMILES string of the molecule is CCc1nccn1CCC(=O)NCC1COc2cc(OC)ccc2C1. The number of carbonyl (C=O) groups is 1. The second-order valence-electron chi connectivity index (χ2n) is 6.30. The fourth-order valence-corrected chi connectivity index (χ4v) is 3.10. The first-order valence-electron chi connectivity index (χ1n) is 8.76. The standard InChI is InChI=1S/C19H25N3O3/c1-3-18-20-7-9-22(18)8-6-19(23)21-12-14-10-15-4-5-16(24-2)11-17(15)25-13-14/h4-5,7,9,11,14H,3,6,8,10,12-13H2,1-2H3,(H,21,23). The minimum Gasteiger partial charge on any atom is -0.497 e. The molecule has 1 aromatic carbocycles. The van der Waals surface area contributed by atoms with E-state index in [-0.39, 0.29) is 5.91 Å². The lowest BCUT2D eigenvalue weighted by atomic mass is 9.96. The van der Waals surface area contributed by atoms with Crippen molar-refractivity contribution in [2.45, 2.75) is 32.7 Å². The highest BCUT2D eigenvalue weighted by Gasteiger charge is 2.21. The number of nitrogens with one attached hydrogen (secondary N) is 1. The highest BCUT2D eigenvalue weighted by molar-refractivity contribution is 5.75. The van der Waals surface area contributed by atoms with E-state index in [4.69, 9.17) is 9.47 Å². The summed E-state index contributed by atoms with van der Waals surface area (Å²) in [5.41, 5.74) is 1.16. The van der Waals surface area contributed by atoms with Crippen molar-refractivity contribution >= 4 is 5.91 Å². The van der Waals surface area contributed by atoms with Crippen molar-refractivity contribution in [2.75, 3.05) is 20.3 Å². The lowest BCUT2D eigenvalue weighted by Crippen LogP contribution is -2.35. The maximum Gasteiger partial charge on any atom is 0.221 e. The number of carbonyl (C=O) groups excluding carboxylic acids is 1. The molecule has 1 atom stereocenters. The van der Waals surface area contributed by atoms with Crippen molar-refractivity contribution < 1.29 is 14.3 Å². The van der Waals surface area contributed by atoms with Crippen LogP contribution in [0.3, 0.4) is 0 Å². The summed E-state index contributed by atoms with van der Waals surface area (Å²) in [6.45, 7) is 3.98. The smallest absolute Gasteiger partial charge is 0.221 e. The van der Waals surface area contributed by atoms with Gasteiger partial charge in [0.05, 0.1) is 13.7 Å². The Labute approximate surface area is 148 Å². The summed E-state index contributed by atoms with van der Waals surface area (Å²) < 4.78 is 13.1. The maximum absolute atomic E-state index is 12.1. The van der Waals surface area contributed by atoms with Crippen molar-refractivity contribution in [1.29, 1.82) is 0 Å².